The number of rotatable bonds is 4. The van der Waals surface area contributed by atoms with Crippen LogP contribution in [0.2, 0.25) is 0 Å². The Balaban J connectivity index is 1.34. The van der Waals surface area contributed by atoms with Gasteiger partial charge in [-0.3, -0.25) is 4.79 Å². The van der Waals surface area contributed by atoms with Gasteiger partial charge in [0.15, 0.2) is 5.65 Å². The van der Waals surface area contributed by atoms with Crippen LogP contribution < -0.4 is 5.32 Å². The van der Waals surface area contributed by atoms with Crippen LogP contribution in [0.4, 0.5) is 15.9 Å². The van der Waals surface area contributed by atoms with Gasteiger partial charge >= 0.3 is 5.97 Å². The number of hydrogen-bond donors (Lipinski definition) is 2. The van der Waals surface area contributed by atoms with Crippen LogP contribution in [0.5, 0.6) is 0 Å². The maximum absolute atomic E-state index is 13.8. The van der Waals surface area contributed by atoms with Crippen LogP contribution in [-0.4, -0.2) is 49.6 Å². The number of likely N-dealkylation sites (tertiary alicyclic amines) is 1. The van der Waals surface area contributed by atoms with E-state index >= 15 is 0 Å². The fourth-order valence-electron chi connectivity index (χ4n) is 5.60. The van der Waals surface area contributed by atoms with Crippen molar-refractivity contribution in [2.24, 2.45) is 0 Å². The van der Waals surface area contributed by atoms with E-state index in [-0.39, 0.29) is 33.9 Å². The van der Waals surface area contributed by atoms with Crippen molar-refractivity contribution in [3.8, 4) is 0 Å². The predicted octanol–water partition coefficient (Wildman–Crippen LogP) is 4.90. The van der Waals surface area contributed by atoms with Gasteiger partial charge in [0.25, 0.3) is 5.91 Å². The van der Waals surface area contributed by atoms with E-state index in [9.17, 15) is 19.1 Å². The summed E-state index contributed by atoms with van der Waals surface area (Å²) in [5, 5.41) is 16.8. The largest absolute Gasteiger partial charge is 0.477 e. The molecule has 1 amide bonds. The number of aromatic carboxylic acids is 1. The van der Waals surface area contributed by atoms with E-state index in [2.05, 4.69) is 46.6 Å². The minimum Gasteiger partial charge on any atom is -0.477 e. The lowest BCUT2D eigenvalue weighted by atomic mass is 9.70. The molecule has 2 aromatic carbocycles. The van der Waals surface area contributed by atoms with E-state index < -0.39 is 11.8 Å². The first-order valence-corrected chi connectivity index (χ1v) is 12.1. The van der Waals surface area contributed by atoms with Crippen LogP contribution in [0.15, 0.2) is 66.5 Å². The highest BCUT2D eigenvalue weighted by atomic mass is 19.1. The van der Waals surface area contributed by atoms with Crippen molar-refractivity contribution >= 4 is 35.1 Å². The number of allylic oxidation sites excluding steroid dienone is 1. The number of aromatic nitrogens is 3. The second-order valence-electron chi connectivity index (χ2n) is 9.54. The normalized spacial score (nSPS) is 16.1. The van der Waals surface area contributed by atoms with Crippen molar-refractivity contribution in [1.82, 2.24) is 19.5 Å². The highest BCUT2D eigenvalue weighted by Gasteiger charge is 2.43. The van der Waals surface area contributed by atoms with E-state index in [0.29, 0.717) is 18.8 Å². The lowest BCUT2D eigenvalue weighted by molar-refractivity contribution is 0.0682. The molecule has 0 bridgehead atoms. The first-order valence-electron chi connectivity index (χ1n) is 12.1. The third kappa shape index (κ3) is 3.66. The van der Waals surface area contributed by atoms with Gasteiger partial charge in [-0.05, 0) is 55.2 Å². The minimum atomic E-state index is -1.17. The summed E-state index contributed by atoms with van der Waals surface area (Å²) in [6, 6.07) is 14.1. The van der Waals surface area contributed by atoms with Crippen molar-refractivity contribution in [2.75, 3.05) is 18.4 Å². The Morgan fingerprint density at radius 2 is 1.76 bits per heavy atom. The van der Waals surface area contributed by atoms with Crippen LogP contribution in [0.3, 0.4) is 0 Å². The zero-order chi connectivity index (χ0) is 25.7. The molecule has 0 unspecified atom stereocenters. The molecule has 37 heavy (non-hydrogen) atoms. The standard InChI is InChI=1S/C28H24FN5O3/c1-17-14-18-4-2-3-5-23(18)28(17)10-12-33(13-11-28)26(35)21-15-30-24-22(27(36)37)16-31-34(24)25(21)32-20-8-6-19(29)7-9-20/h2-9,14-16,32H,10-13H2,1H3,(H,36,37). The Kier molecular flexibility index (Phi) is 5.29. The minimum absolute atomic E-state index is 0.0663. The summed E-state index contributed by atoms with van der Waals surface area (Å²) < 4.78 is 14.8. The molecule has 2 aromatic heterocycles. The van der Waals surface area contributed by atoms with Crippen LogP contribution in [-0.2, 0) is 5.41 Å². The highest BCUT2D eigenvalue weighted by Crippen LogP contribution is 2.48. The van der Waals surface area contributed by atoms with E-state index in [1.54, 1.807) is 4.90 Å². The molecule has 0 saturated carbocycles. The number of anilines is 2. The number of carboxylic acid groups (broad SMARTS) is 1. The molecule has 2 aliphatic rings. The number of benzene rings is 2. The number of carbonyl (C=O) groups is 2. The molecule has 8 nitrogen and oxygen atoms in total. The average Bonchev–Trinajstić information content (AvgIpc) is 3.45. The summed E-state index contributed by atoms with van der Waals surface area (Å²) in [6.45, 7) is 3.29. The molecule has 186 valence electrons. The number of amides is 1. The third-order valence-electron chi connectivity index (χ3n) is 7.60. The van der Waals surface area contributed by atoms with Crippen molar-refractivity contribution in [2.45, 2.75) is 25.2 Å². The van der Waals surface area contributed by atoms with Crippen LogP contribution in [0.25, 0.3) is 11.7 Å². The molecule has 6 rings (SSSR count). The number of fused-ring (bicyclic) bond motifs is 3. The summed E-state index contributed by atoms with van der Waals surface area (Å²) in [4.78, 5) is 31.5. The van der Waals surface area contributed by atoms with Gasteiger partial charge in [0.1, 0.15) is 22.8 Å². The molecule has 3 heterocycles. The zero-order valence-electron chi connectivity index (χ0n) is 20.1. The maximum Gasteiger partial charge on any atom is 0.341 e. The summed E-state index contributed by atoms with van der Waals surface area (Å²) in [5.41, 5.74) is 4.62. The first-order chi connectivity index (χ1) is 17.9. The smallest absolute Gasteiger partial charge is 0.341 e. The molecular formula is C28H24FN5O3. The zero-order valence-corrected chi connectivity index (χ0v) is 20.1. The summed E-state index contributed by atoms with van der Waals surface area (Å²) in [7, 11) is 0. The quantitative estimate of drug-likeness (QED) is 0.416. The average molecular weight is 498 g/mol. The van der Waals surface area contributed by atoms with E-state index in [1.165, 1.54) is 57.9 Å². The molecule has 9 heteroatoms. The van der Waals surface area contributed by atoms with Gasteiger partial charge in [0, 0.05) is 30.4 Å². The second kappa shape index (κ2) is 8.55. The number of carbonyl (C=O) groups excluding carboxylic acids is 1. The lowest BCUT2D eigenvalue weighted by Gasteiger charge is -2.41. The number of nitrogens with zero attached hydrogens (tertiary/aromatic N) is 4. The van der Waals surface area contributed by atoms with Gasteiger partial charge in [-0.15, -0.1) is 0 Å². The summed E-state index contributed by atoms with van der Waals surface area (Å²) in [5.74, 6) is -1.52. The molecule has 0 atom stereocenters. The summed E-state index contributed by atoms with van der Waals surface area (Å²) in [6.07, 6.45) is 6.44. The van der Waals surface area contributed by atoms with Gasteiger partial charge in [-0.1, -0.05) is 35.9 Å². The molecule has 2 N–H and O–H groups in total. The molecule has 1 saturated heterocycles. The number of carboxylic acids is 1. The Bertz CT molecular complexity index is 1580. The molecule has 4 aromatic rings. The molecule has 1 aliphatic carbocycles. The van der Waals surface area contributed by atoms with Gasteiger partial charge < -0.3 is 15.3 Å². The molecule has 0 radical (unpaired) electrons. The fraction of sp³-hybridized carbons (Fsp3) is 0.214. The van der Waals surface area contributed by atoms with Gasteiger partial charge in [0.2, 0.25) is 0 Å². The Morgan fingerprint density at radius 3 is 2.49 bits per heavy atom. The highest BCUT2D eigenvalue weighted by molar-refractivity contribution is 6.01. The number of piperidine rings is 1. The summed E-state index contributed by atoms with van der Waals surface area (Å²) >= 11 is 0. The van der Waals surface area contributed by atoms with E-state index in [0.717, 1.165) is 12.8 Å². The SMILES string of the molecule is CC1=Cc2ccccc2C12CCN(C(=O)c1cnc3c(C(=O)O)cnn3c1Nc1ccc(F)cc1)CC2. The Labute approximate surface area is 212 Å². The monoisotopic (exact) mass is 497 g/mol. The first kappa shape index (κ1) is 22.9. The van der Waals surface area contributed by atoms with Gasteiger partial charge in [-0.25, -0.2) is 14.2 Å². The third-order valence-corrected chi connectivity index (χ3v) is 7.60. The number of nitrogens with one attached hydrogen (secondary N) is 1. The second-order valence-corrected chi connectivity index (χ2v) is 9.54. The molecule has 1 aliphatic heterocycles. The molecular weight excluding hydrogens is 473 g/mol. The van der Waals surface area contributed by atoms with Crippen molar-refractivity contribution in [3.05, 3.63) is 94.6 Å². The van der Waals surface area contributed by atoms with E-state index in [1.807, 2.05) is 6.07 Å². The number of hydrogen-bond acceptors (Lipinski definition) is 5. The lowest BCUT2D eigenvalue weighted by Crippen LogP contribution is -2.45. The topological polar surface area (TPSA) is 99.8 Å². The van der Waals surface area contributed by atoms with E-state index in [4.69, 9.17) is 0 Å². The van der Waals surface area contributed by atoms with Gasteiger partial charge in [-0.2, -0.15) is 9.61 Å². The van der Waals surface area contributed by atoms with Crippen molar-refractivity contribution in [1.29, 1.82) is 0 Å². The Hall–Kier alpha value is -4.53. The predicted molar refractivity (Wildman–Crippen MR) is 137 cm³/mol. The molecule has 1 spiro atoms. The Morgan fingerprint density at radius 1 is 1.03 bits per heavy atom. The maximum atomic E-state index is 13.8. The van der Waals surface area contributed by atoms with Crippen LogP contribution in [0, 0.1) is 5.82 Å². The van der Waals surface area contributed by atoms with Crippen LogP contribution in [0.1, 0.15) is 51.6 Å². The fourth-order valence-corrected chi connectivity index (χ4v) is 5.60. The van der Waals surface area contributed by atoms with Gasteiger partial charge in [0.05, 0.1) is 6.20 Å². The number of halogens is 1. The van der Waals surface area contributed by atoms with Crippen molar-refractivity contribution in [3.63, 3.8) is 0 Å². The molecule has 1 fully saturated rings. The van der Waals surface area contributed by atoms with Crippen molar-refractivity contribution < 1.29 is 19.1 Å². The van der Waals surface area contributed by atoms with Crippen LogP contribution >= 0.6 is 0 Å².